The molecule has 14 nitrogen and oxygen atoms in total. The van der Waals surface area contributed by atoms with Gasteiger partial charge in [-0.05, 0) is 126 Å². The summed E-state index contributed by atoms with van der Waals surface area (Å²) in [7, 11) is 1.54. The van der Waals surface area contributed by atoms with E-state index in [1.165, 1.54) is 28.7 Å². The second-order valence-corrected chi connectivity index (χ2v) is 22.2. The molecule has 0 aliphatic carbocycles. The van der Waals surface area contributed by atoms with E-state index in [4.69, 9.17) is 58.5 Å². The number of amides is 2. The number of rotatable bonds is 20. The molecule has 0 spiro atoms. The minimum atomic E-state index is -1.14. The summed E-state index contributed by atoms with van der Waals surface area (Å²) < 4.78 is 28.0. The zero-order chi connectivity index (χ0) is 54.9. The second-order valence-electron chi connectivity index (χ2n) is 17.8. The number of hydrogen-bond acceptors (Lipinski definition) is 14. The van der Waals surface area contributed by atoms with Crippen molar-refractivity contribution in [3.8, 4) is 37.1 Å². The molecule has 2 N–H and O–H groups in total. The number of carboxylic acid groups (broad SMARTS) is 1. The van der Waals surface area contributed by atoms with E-state index >= 15 is 0 Å². The van der Waals surface area contributed by atoms with Gasteiger partial charge >= 0.3 is 23.9 Å². The quantitative estimate of drug-likeness (QED) is 0.0545. The van der Waals surface area contributed by atoms with Gasteiger partial charge in [0.25, 0.3) is 11.8 Å². The topological polar surface area (TPSA) is 184 Å². The summed E-state index contributed by atoms with van der Waals surface area (Å²) in [6.45, 7) is 6.89. The van der Waals surface area contributed by atoms with Gasteiger partial charge < -0.3 is 39.0 Å². The summed E-state index contributed by atoms with van der Waals surface area (Å²) in [5.41, 5.74) is 5.26. The van der Waals surface area contributed by atoms with Gasteiger partial charge in [0.2, 0.25) is 0 Å². The molecule has 0 bridgehead atoms. The number of hydrogen-bond donors (Lipinski definition) is 2. The van der Waals surface area contributed by atoms with Crippen LogP contribution in [0.2, 0.25) is 15.1 Å². The maximum Gasteiger partial charge on any atom is 0.345 e. The van der Waals surface area contributed by atoms with Crippen LogP contribution < -0.4 is 10.1 Å². The van der Waals surface area contributed by atoms with Crippen molar-refractivity contribution in [2.45, 2.75) is 58.7 Å². The maximum absolute atomic E-state index is 14.0. The number of aromatic carboxylic acids is 1. The number of esters is 3. The second kappa shape index (κ2) is 25.7. The van der Waals surface area contributed by atoms with Crippen LogP contribution in [-0.2, 0) is 59.0 Å². The highest BCUT2D eigenvalue weighted by molar-refractivity contribution is 7.18. The minimum Gasteiger partial charge on any atom is -0.497 e. The van der Waals surface area contributed by atoms with Crippen LogP contribution in [0.5, 0.6) is 5.75 Å². The zero-order valence-corrected chi connectivity index (χ0v) is 46.8. The lowest BCUT2D eigenvalue weighted by molar-refractivity contribution is -0.148. The molecule has 3 aromatic heterocycles. The number of nitrogens with one attached hydrogen (secondary N) is 1. The average molecular weight is 1160 g/mol. The molecule has 400 valence electrons. The smallest absolute Gasteiger partial charge is 0.345 e. The van der Waals surface area contributed by atoms with Gasteiger partial charge in [0, 0.05) is 66.5 Å². The number of thiophene rings is 3. The number of carbonyl (C=O) groups excluding carboxylic acids is 5. The Balaban J connectivity index is 1.00. The number of carboxylic acids is 1. The van der Waals surface area contributed by atoms with Gasteiger partial charge in [-0.2, -0.15) is 0 Å². The first-order valence-electron chi connectivity index (χ1n) is 24.3. The molecule has 1 saturated heterocycles. The Labute approximate surface area is 471 Å². The van der Waals surface area contributed by atoms with Gasteiger partial charge in [0.15, 0.2) is 0 Å². The van der Waals surface area contributed by atoms with Crippen LogP contribution in [0, 0.1) is 0 Å². The first kappa shape index (κ1) is 56.6. The number of carbonyl (C=O) groups is 6. The lowest BCUT2D eigenvalue weighted by atomic mass is 10.0. The van der Waals surface area contributed by atoms with Crippen LogP contribution >= 0.6 is 68.8 Å². The van der Waals surface area contributed by atoms with Crippen molar-refractivity contribution in [2.75, 3.05) is 45.3 Å². The highest BCUT2D eigenvalue weighted by Crippen LogP contribution is 2.40. The fourth-order valence-electron chi connectivity index (χ4n) is 8.62. The van der Waals surface area contributed by atoms with Gasteiger partial charge in [-0.3, -0.25) is 24.0 Å². The molecule has 7 aromatic rings. The molecule has 2 unspecified atom stereocenters. The van der Waals surface area contributed by atoms with Gasteiger partial charge in [0.1, 0.15) is 22.8 Å². The van der Waals surface area contributed by atoms with Crippen molar-refractivity contribution in [3.63, 3.8) is 0 Å². The van der Waals surface area contributed by atoms with Crippen LogP contribution in [0.25, 0.3) is 31.3 Å². The fraction of sp³-hybridized carbons (Fsp3) is 0.263. The lowest BCUT2D eigenvalue weighted by Crippen LogP contribution is -2.40. The Hall–Kier alpha value is -6.57. The van der Waals surface area contributed by atoms with E-state index in [2.05, 4.69) is 5.32 Å². The molecule has 2 atom stereocenters. The Bertz CT molecular complexity index is 3350. The molecule has 4 heterocycles. The number of ether oxygens (including phenoxy) is 5. The van der Waals surface area contributed by atoms with Crippen molar-refractivity contribution >= 4 is 110 Å². The predicted molar refractivity (Wildman–Crippen MR) is 300 cm³/mol. The molecule has 4 aromatic carbocycles. The van der Waals surface area contributed by atoms with Crippen LogP contribution in [0.15, 0.2) is 103 Å². The zero-order valence-electron chi connectivity index (χ0n) is 42.1. The minimum absolute atomic E-state index is 0.0407. The Morgan fingerprint density at radius 1 is 0.662 bits per heavy atom. The molecule has 1 aliphatic rings. The predicted octanol–water partition coefficient (Wildman–Crippen LogP) is 12.9. The number of nitrogens with zero attached hydrogens (tertiary/aromatic N) is 1. The number of anilines is 1. The third kappa shape index (κ3) is 14.3. The summed E-state index contributed by atoms with van der Waals surface area (Å²) in [5.74, 6) is -2.76. The molecule has 20 heteroatoms. The summed E-state index contributed by atoms with van der Waals surface area (Å²) >= 11 is 23.2. The van der Waals surface area contributed by atoms with Crippen LogP contribution in [0.1, 0.15) is 83.7 Å². The highest BCUT2D eigenvalue weighted by atomic mass is 35.5. The molecule has 0 saturated carbocycles. The summed E-state index contributed by atoms with van der Waals surface area (Å²) in [4.78, 5) is 84.1. The van der Waals surface area contributed by atoms with E-state index in [0.717, 1.165) is 16.9 Å². The number of morpholine rings is 1. The largest absolute Gasteiger partial charge is 0.497 e. The number of methoxy groups -OCH3 is 1. The molecule has 77 heavy (non-hydrogen) atoms. The normalized spacial score (nSPS) is 13.1. The molecule has 8 rings (SSSR count). The maximum atomic E-state index is 14.0. The first-order chi connectivity index (χ1) is 37.0. The van der Waals surface area contributed by atoms with Crippen LogP contribution in [0.4, 0.5) is 5.69 Å². The number of benzene rings is 4. The third-order valence-corrected chi connectivity index (χ3v) is 16.9. The first-order valence-corrected chi connectivity index (χ1v) is 27.9. The van der Waals surface area contributed by atoms with Crippen LogP contribution in [0.3, 0.4) is 0 Å². The van der Waals surface area contributed by atoms with E-state index in [1.54, 1.807) is 112 Å². The van der Waals surface area contributed by atoms with E-state index in [0.29, 0.717) is 116 Å². The fourth-order valence-corrected chi connectivity index (χ4v) is 12.5. The van der Waals surface area contributed by atoms with Crippen LogP contribution in [-0.4, -0.2) is 91.8 Å². The molecule has 1 fully saturated rings. The molecule has 2 amide bonds. The van der Waals surface area contributed by atoms with Crippen molar-refractivity contribution in [3.05, 3.63) is 161 Å². The molecular weight excluding hydrogens is 1110 g/mol. The van der Waals surface area contributed by atoms with E-state index in [-0.39, 0.29) is 49.0 Å². The van der Waals surface area contributed by atoms with Crippen molar-refractivity contribution in [2.24, 2.45) is 0 Å². The standard InChI is InChI=1S/C57H51Cl3N2O12S3/c1-5-72-49(63)27-39-26-48(57(68)69)77-54(39)35-12-16-45(60)43(23-35)32(3)74-51(65)29-38-25-47(56(67)62-17-19-71-20-18-62)76-53(38)34-11-15-44(59)36(22-34)21-31(2)73-50(64)28-37-24-46(75-52(37)33-9-13-40(58)14-10-33)55(66)61-41-7-6-8-42(30-41)70-4/h6-16,22-26,30-32H,5,17-21,27-29H2,1-4H3,(H,61,66)(H,68,69). The lowest BCUT2D eigenvalue weighted by Gasteiger charge is -2.26. The van der Waals surface area contributed by atoms with Gasteiger partial charge in [-0.15, -0.1) is 34.0 Å². The van der Waals surface area contributed by atoms with Crippen molar-refractivity contribution < 1.29 is 57.6 Å². The van der Waals surface area contributed by atoms with E-state index in [1.807, 2.05) is 18.2 Å². The molecular formula is C57H51Cl3N2O12S3. The average Bonchev–Trinajstić information content (AvgIpc) is 4.18. The molecule has 0 radical (unpaired) electrons. The van der Waals surface area contributed by atoms with Crippen molar-refractivity contribution in [1.82, 2.24) is 4.90 Å². The molecule has 1 aliphatic heterocycles. The SMILES string of the molecule is CCOC(=O)Cc1cc(C(=O)O)sc1-c1ccc(Cl)c(C(C)OC(=O)Cc2cc(C(=O)N3CCOCC3)sc2-c2ccc(Cl)c(CC(C)OC(=O)Cc3cc(C(=O)Nc4cccc(OC)c4)sc3-c3ccc(Cl)cc3)c2)c1. The monoisotopic (exact) mass is 1160 g/mol. The van der Waals surface area contributed by atoms with E-state index < -0.39 is 36.1 Å². The summed E-state index contributed by atoms with van der Waals surface area (Å²) in [6, 6.07) is 29.4. The van der Waals surface area contributed by atoms with E-state index in [9.17, 15) is 33.9 Å². The van der Waals surface area contributed by atoms with Gasteiger partial charge in [-0.25, -0.2) is 4.79 Å². The Morgan fingerprint density at radius 3 is 1.90 bits per heavy atom. The highest BCUT2D eigenvalue weighted by Gasteiger charge is 2.27. The summed E-state index contributed by atoms with van der Waals surface area (Å²) in [6.07, 6.45) is -1.82. The summed E-state index contributed by atoms with van der Waals surface area (Å²) in [5, 5.41) is 13.9. The Morgan fingerprint density at radius 2 is 1.23 bits per heavy atom. The Kier molecular flexibility index (Phi) is 18.9. The van der Waals surface area contributed by atoms with Gasteiger partial charge in [-0.1, -0.05) is 65.1 Å². The van der Waals surface area contributed by atoms with Gasteiger partial charge in [0.05, 0.1) is 55.9 Å². The van der Waals surface area contributed by atoms with Crippen molar-refractivity contribution in [1.29, 1.82) is 0 Å². The number of halogens is 3. The third-order valence-electron chi connectivity index (χ3n) is 12.3.